The Labute approximate surface area is 180 Å². The Hall–Kier alpha value is -2.44. The summed E-state index contributed by atoms with van der Waals surface area (Å²) in [5, 5.41) is 15.0. The first-order chi connectivity index (χ1) is 14.4. The second-order valence-electron chi connectivity index (χ2n) is 7.02. The number of carbonyl (C=O) groups excluding carboxylic acids is 2. The fourth-order valence-corrected chi connectivity index (χ4v) is 5.93. The second-order valence-corrected chi connectivity index (χ2v) is 9.01. The van der Waals surface area contributed by atoms with Crippen molar-refractivity contribution < 1.29 is 29.1 Å². The summed E-state index contributed by atoms with van der Waals surface area (Å²) in [4.78, 5) is 47.7. The van der Waals surface area contributed by atoms with Crippen molar-refractivity contribution in [3.63, 3.8) is 0 Å². The van der Waals surface area contributed by atoms with Crippen LogP contribution in [-0.2, 0) is 24.0 Å². The number of nitrogens with zero attached hydrogens (tertiary/aromatic N) is 3. The average Bonchev–Trinajstić information content (AvgIpc) is 3.40. The van der Waals surface area contributed by atoms with E-state index >= 15 is 0 Å². The molecular formula is C18H20N4O6S2. The number of anilines is 1. The van der Waals surface area contributed by atoms with E-state index in [-0.39, 0.29) is 40.7 Å². The number of ether oxygens (including phenoxy) is 1. The number of aromatic nitrogens is 1. The van der Waals surface area contributed by atoms with Gasteiger partial charge >= 0.3 is 5.97 Å². The van der Waals surface area contributed by atoms with E-state index in [9.17, 15) is 19.5 Å². The van der Waals surface area contributed by atoms with Crippen molar-refractivity contribution in [2.24, 2.45) is 11.1 Å². The van der Waals surface area contributed by atoms with Crippen LogP contribution < -0.4 is 5.73 Å². The third kappa shape index (κ3) is 3.59. The van der Waals surface area contributed by atoms with Gasteiger partial charge in [0, 0.05) is 24.2 Å². The van der Waals surface area contributed by atoms with E-state index in [1.165, 1.54) is 23.8 Å². The number of amides is 1. The lowest BCUT2D eigenvalue weighted by atomic mass is 9.88. The highest BCUT2D eigenvalue weighted by Crippen LogP contribution is 2.46. The number of hydrogen-bond donors (Lipinski definition) is 2. The molecule has 0 unspecified atom stereocenters. The lowest BCUT2D eigenvalue weighted by molar-refractivity contribution is -0.153. The van der Waals surface area contributed by atoms with Crippen LogP contribution in [-0.4, -0.2) is 69.3 Å². The number of ketones is 1. The Kier molecular flexibility index (Phi) is 5.80. The molecule has 3 aliphatic rings. The third-order valence-electron chi connectivity index (χ3n) is 5.25. The maximum absolute atomic E-state index is 12.8. The highest BCUT2D eigenvalue weighted by atomic mass is 32.2. The molecule has 3 aliphatic heterocycles. The molecule has 0 spiro atoms. The van der Waals surface area contributed by atoms with Crippen LogP contribution in [0.25, 0.3) is 0 Å². The molecule has 3 atom stereocenters. The highest BCUT2D eigenvalue weighted by molar-refractivity contribution is 8.00. The van der Waals surface area contributed by atoms with Gasteiger partial charge in [-0.25, -0.2) is 9.78 Å². The van der Waals surface area contributed by atoms with Gasteiger partial charge in [-0.3, -0.25) is 14.5 Å². The summed E-state index contributed by atoms with van der Waals surface area (Å²) < 4.78 is 5.64. The van der Waals surface area contributed by atoms with Crippen LogP contribution in [0.2, 0.25) is 0 Å². The average molecular weight is 453 g/mol. The highest BCUT2D eigenvalue weighted by Gasteiger charge is 2.55. The molecular weight excluding hydrogens is 432 g/mol. The molecule has 160 valence electrons. The van der Waals surface area contributed by atoms with Gasteiger partial charge in [0.15, 0.2) is 16.6 Å². The van der Waals surface area contributed by atoms with E-state index in [0.717, 1.165) is 24.2 Å². The summed E-state index contributed by atoms with van der Waals surface area (Å²) in [6, 6.07) is 0. The van der Waals surface area contributed by atoms with Crippen LogP contribution in [0.15, 0.2) is 21.8 Å². The number of thioether (sulfide) groups is 1. The fourth-order valence-electron chi connectivity index (χ4n) is 3.90. The summed E-state index contributed by atoms with van der Waals surface area (Å²) in [5.41, 5.74) is 6.55. The lowest BCUT2D eigenvalue weighted by Gasteiger charge is -2.50. The number of aliphatic carboxylic acids is 1. The number of carboxylic acid groups (broad SMARTS) is 1. The van der Waals surface area contributed by atoms with E-state index in [4.69, 9.17) is 15.3 Å². The number of carbonyl (C=O) groups is 3. The predicted molar refractivity (Wildman–Crippen MR) is 110 cm³/mol. The quantitative estimate of drug-likeness (QED) is 0.353. The third-order valence-corrected chi connectivity index (χ3v) is 7.28. The molecule has 2 fully saturated rings. The Balaban J connectivity index is 1.53. The molecule has 10 nitrogen and oxygen atoms in total. The van der Waals surface area contributed by atoms with Crippen LogP contribution in [0, 0.1) is 5.92 Å². The molecule has 4 heterocycles. The number of oxime groups is 1. The SMILES string of the molecule is CO/N=C(\C(=O)C[C@@H]1C(=O)N2C(C(=O)O)=C([C@@H]3CCCO3)CS[C@H]12)c1csc(N)n1. The standard InChI is InChI=1S/C18H20N4O6S2/c1-27-21-13(10-7-30-18(19)20-10)11(23)5-8-15(24)22-14(17(25)26)9(6-29-16(8)22)12-3-2-4-28-12/h7-8,12,16H,2-6H2,1H3,(H2,19,20)(H,25,26)/b21-13-/t8-,12+,16-/m1/s1. The molecule has 0 aliphatic carbocycles. The zero-order valence-electron chi connectivity index (χ0n) is 16.1. The van der Waals surface area contributed by atoms with Gasteiger partial charge in [0.05, 0.1) is 17.4 Å². The smallest absolute Gasteiger partial charge is 0.352 e. The number of hydrogen-bond acceptors (Lipinski definition) is 10. The number of fused-ring (bicyclic) bond motifs is 1. The van der Waals surface area contributed by atoms with Crippen LogP contribution in [0.1, 0.15) is 25.0 Å². The molecule has 3 N–H and O–H groups in total. The van der Waals surface area contributed by atoms with E-state index in [1.807, 2.05) is 0 Å². The summed E-state index contributed by atoms with van der Waals surface area (Å²) >= 11 is 2.62. The number of thiazole rings is 1. The molecule has 30 heavy (non-hydrogen) atoms. The first kappa shape index (κ1) is 20.8. The van der Waals surface area contributed by atoms with Crippen molar-refractivity contribution in [1.29, 1.82) is 0 Å². The van der Waals surface area contributed by atoms with Crippen LogP contribution >= 0.6 is 23.1 Å². The molecule has 1 aromatic heterocycles. The van der Waals surface area contributed by atoms with Crippen LogP contribution in [0.3, 0.4) is 0 Å². The molecule has 1 aromatic rings. The van der Waals surface area contributed by atoms with Gasteiger partial charge in [0.2, 0.25) is 5.91 Å². The summed E-state index contributed by atoms with van der Waals surface area (Å²) in [7, 11) is 1.31. The van der Waals surface area contributed by atoms with Crippen molar-refractivity contribution in [2.75, 3.05) is 25.2 Å². The topological polar surface area (TPSA) is 144 Å². The fraction of sp³-hybridized carbons (Fsp3) is 0.500. The monoisotopic (exact) mass is 452 g/mol. The molecule has 0 bridgehead atoms. The number of nitrogens with two attached hydrogens (primary N) is 1. The van der Waals surface area contributed by atoms with E-state index in [1.54, 1.807) is 5.38 Å². The Morgan fingerprint density at radius 1 is 1.50 bits per heavy atom. The Morgan fingerprint density at radius 3 is 2.90 bits per heavy atom. The summed E-state index contributed by atoms with van der Waals surface area (Å²) in [5.74, 6) is -2.13. The minimum atomic E-state index is -1.15. The molecule has 0 aromatic carbocycles. The van der Waals surface area contributed by atoms with Gasteiger partial charge in [0.25, 0.3) is 0 Å². The maximum Gasteiger partial charge on any atom is 0.352 e. The number of rotatable bonds is 7. The molecule has 0 radical (unpaired) electrons. The lowest BCUT2D eigenvalue weighted by Crippen LogP contribution is -2.62. The zero-order chi connectivity index (χ0) is 21.4. The van der Waals surface area contributed by atoms with Gasteiger partial charge in [-0.1, -0.05) is 5.16 Å². The van der Waals surface area contributed by atoms with Gasteiger partial charge in [0.1, 0.15) is 18.5 Å². The van der Waals surface area contributed by atoms with Gasteiger partial charge in [-0.15, -0.1) is 23.1 Å². The first-order valence-electron chi connectivity index (χ1n) is 9.30. The number of nitrogen functional groups attached to an aromatic ring is 1. The van der Waals surface area contributed by atoms with E-state index < -0.39 is 23.0 Å². The van der Waals surface area contributed by atoms with E-state index in [0.29, 0.717) is 17.9 Å². The molecule has 2 saturated heterocycles. The van der Waals surface area contributed by atoms with Crippen molar-refractivity contribution in [3.8, 4) is 0 Å². The second kappa shape index (κ2) is 8.36. The first-order valence-corrected chi connectivity index (χ1v) is 11.2. The minimum Gasteiger partial charge on any atom is -0.477 e. The predicted octanol–water partition coefficient (Wildman–Crippen LogP) is 1.08. The van der Waals surface area contributed by atoms with Gasteiger partial charge < -0.3 is 20.4 Å². The van der Waals surface area contributed by atoms with Crippen LogP contribution in [0.5, 0.6) is 0 Å². The summed E-state index contributed by atoms with van der Waals surface area (Å²) in [6.45, 7) is 0.586. The zero-order valence-corrected chi connectivity index (χ0v) is 17.7. The van der Waals surface area contributed by atoms with Crippen molar-refractivity contribution >= 4 is 51.6 Å². The number of carboxylic acids is 1. The Bertz CT molecular complexity index is 952. The molecule has 0 saturated carbocycles. The maximum atomic E-state index is 12.8. The number of β-lactam (4-membered cyclic amide) rings is 1. The van der Waals surface area contributed by atoms with Crippen molar-refractivity contribution in [3.05, 3.63) is 22.3 Å². The van der Waals surface area contributed by atoms with Crippen molar-refractivity contribution in [2.45, 2.75) is 30.7 Å². The molecule has 4 rings (SSSR count). The van der Waals surface area contributed by atoms with E-state index in [2.05, 4.69) is 10.1 Å². The normalized spacial score (nSPS) is 26.4. The van der Waals surface area contributed by atoms with Crippen LogP contribution in [0.4, 0.5) is 5.13 Å². The minimum absolute atomic E-state index is 0.00240. The number of Topliss-reactive ketones (excluding diaryl/α,β-unsaturated/α-hetero) is 1. The summed E-state index contributed by atoms with van der Waals surface area (Å²) in [6.07, 6.45) is 1.22. The Morgan fingerprint density at radius 2 is 2.30 bits per heavy atom. The van der Waals surface area contributed by atoms with Gasteiger partial charge in [-0.2, -0.15) is 0 Å². The largest absolute Gasteiger partial charge is 0.477 e. The van der Waals surface area contributed by atoms with Crippen molar-refractivity contribution in [1.82, 2.24) is 9.88 Å². The molecule has 12 heteroatoms. The molecule has 1 amide bonds. The van der Waals surface area contributed by atoms with Gasteiger partial charge in [-0.05, 0) is 18.4 Å².